The molecule has 1 aromatic rings. The molecule has 0 saturated carbocycles. The predicted octanol–water partition coefficient (Wildman–Crippen LogP) is 0.582. The smallest absolute Gasteiger partial charge is 0.260 e. The number of hydrogen-bond donors (Lipinski definition) is 2. The number of piperidine rings is 1. The Kier molecular flexibility index (Phi) is 6.94. The van der Waals surface area contributed by atoms with Crippen molar-refractivity contribution in [3.8, 4) is 5.75 Å². The number of ether oxygens (including phenoxy) is 1. The van der Waals surface area contributed by atoms with E-state index in [-0.39, 0.29) is 30.1 Å². The Morgan fingerprint density at radius 3 is 2.88 bits per heavy atom. The van der Waals surface area contributed by atoms with Crippen molar-refractivity contribution in [2.45, 2.75) is 19.8 Å². The molecule has 25 heavy (non-hydrogen) atoms. The van der Waals surface area contributed by atoms with E-state index in [1.165, 1.54) is 6.92 Å². The monoisotopic (exact) mass is 347 g/mol. The normalized spacial score (nSPS) is 17.0. The van der Waals surface area contributed by atoms with Crippen molar-refractivity contribution < 1.29 is 19.1 Å². The maximum Gasteiger partial charge on any atom is 0.260 e. The highest BCUT2D eigenvalue weighted by atomic mass is 16.5. The van der Waals surface area contributed by atoms with Crippen LogP contribution < -0.4 is 15.8 Å². The van der Waals surface area contributed by atoms with Crippen LogP contribution in [0.25, 0.3) is 0 Å². The summed E-state index contributed by atoms with van der Waals surface area (Å²) in [5, 5.41) is 2.77. The Bertz CT molecular complexity index is 633. The number of benzene rings is 1. The van der Waals surface area contributed by atoms with Crippen molar-refractivity contribution in [2.24, 2.45) is 11.7 Å². The van der Waals surface area contributed by atoms with Gasteiger partial charge < -0.3 is 20.7 Å². The maximum atomic E-state index is 12.4. The van der Waals surface area contributed by atoms with Gasteiger partial charge in [0, 0.05) is 31.7 Å². The topological polar surface area (TPSA) is 102 Å². The lowest BCUT2D eigenvalue weighted by Crippen LogP contribution is -2.47. The number of hydrogen-bond acceptors (Lipinski definition) is 5. The average molecular weight is 347 g/mol. The number of nitrogens with one attached hydrogen (secondary N) is 1. The molecule has 1 unspecified atom stereocenters. The van der Waals surface area contributed by atoms with E-state index < -0.39 is 0 Å². The molecule has 1 atom stereocenters. The lowest BCUT2D eigenvalue weighted by atomic mass is 9.97. The fraction of sp³-hybridized carbons (Fsp3) is 0.500. The van der Waals surface area contributed by atoms with Gasteiger partial charge >= 0.3 is 0 Å². The zero-order valence-electron chi connectivity index (χ0n) is 14.5. The van der Waals surface area contributed by atoms with E-state index in [9.17, 15) is 14.4 Å². The molecule has 1 aliphatic heterocycles. The molecule has 1 heterocycles. The number of carbonyl (C=O) groups is 3. The fourth-order valence-corrected chi connectivity index (χ4v) is 2.80. The van der Waals surface area contributed by atoms with Gasteiger partial charge in [-0.2, -0.15) is 0 Å². The van der Waals surface area contributed by atoms with E-state index in [0.717, 1.165) is 12.8 Å². The van der Waals surface area contributed by atoms with Gasteiger partial charge in [-0.25, -0.2) is 0 Å². The van der Waals surface area contributed by atoms with Crippen LogP contribution in [-0.2, 0) is 9.59 Å². The zero-order valence-corrected chi connectivity index (χ0v) is 14.5. The van der Waals surface area contributed by atoms with Gasteiger partial charge in [-0.3, -0.25) is 14.4 Å². The van der Waals surface area contributed by atoms with Crippen LogP contribution in [0.15, 0.2) is 24.3 Å². The summed E-state index contributed by atoms with van der Waals surface area (Å²) in [6, 6.07) is 6.75. The van der Waals surface area contributed by atoms with E-state index in [2.05, 4.69) is 5.32 Å². The number of rotatable bonds is 7. The Hall–Kier alpha value is -2.41. The molecule has 7 nitrogen and oxygen atoms in total. The largest absolute Gasteiger partial charge is 0.484 e. The molecule has 3 N–H and O–H groups in total. The van der Waals surface area contributed by atoms with E-state index in [1.54, 1.807) is 29.2 Å². The molecule has 0 aromatic heterocycles. The van der Waals surface area contributed by atoms with Crippen LogP contribution in [0.5, 0.6) is 5.75 Å². The highest BCUT2D eigenvalue weighted by molar-refractivity contribution is 5.94. The molecule has 1 aromatic carbocycles. The van der Waals surface area contributed by atoms with Crippen molar-refractivity contribution in [1.82, 2.24) is 10.2 Å². The molecule has 2 rings (SSSR count). The molecule has 2 amide bonds. The van der Waals surface area contributed by atoms with Gasteiger partial charge in [-0.1, -0.05) is 12.1 Å². The Labute approximate surface area is 147 Å². The number of carbonyl (C=O) groups excluding carboxylic acids is 3. The van der Waals surface area contributed by atoms with E-state index in [0.29, 0.717) is 37.5 Å². The van der Waals surface area contributed by atoms with Gasteiger partial charge in [0.1, 0.15) is 5.75 Å². The van der Waals surface area contributed by atoms with Gasteiger partial charge in [0.15, 0.2) is 12.4 Å². The summed E-state index contributed by atoms with van der Waals surface area (Å²) in [7, 11) is 0. The van der Waals surface area contributed by atoms with Gasteiger partial charge in [0.05, 0.1) is 5.92 Å². The zero-order chi connectivity index (χ0) is 18.2. The van der Waals surface area contributed by atoms with Crippen molar-refractivity contribution in [3.05, 3.63) is 29.8 Å². The molecular formula is C18H25N3O4. The average Bonchev–Trinajstić information content (AvgIpc) is 2.64. The first-order valence-corrected chi connectivity index (χ1v) is 8.50. The van der Waals surface area contributed by atoms with Crippen LogP contribution in [0.3, 0.4) is 0 Å². The van der Waals surface area contributed by atoms with Crippen molar-refractivity contribution in [3.63, 3.8) is 0 Å². The van der Waals surface area contributed by atoms with Crippen molar-refractivity contribution >= 4 is 17.6 Å². The number of likely N-dealkylation sites (tertiary alicyclic amines) is 1. The van der Waals surface area contributed by atoms with Crippen LogP contribution in [0.4, 0.5) is 0 Å². The summed E-state index contributed by atoms with van der Waals surface area (Å²) in [5.41, 5.74) is 5.93. The minimum atomic E-state index is -0.203. The predicted molar refractivity (Wildman–Crippen MR) is 93.3 cm³/mol. The summed E-state index contributed by atoms with van der Waals surface area (Å²) >= 11 is 0. The summed E-state index contributed by atoms with van der Waals surface area (Å²) in [6.45, 7) is 3.22. The molecular weight excluding hydrogens is 322 g/mol. The third-order valence-corrected chi connectivity index (χ3v) is 4.19. The molecule has 7 heteroatoms. The number of ketones is 1. The SMILES string of the molecule is CC(=O)c1cccc(OCC(=O)N2CCCC(C(=O)NCCN)C2)c1. The lowest BCUT2D eigenvalue weighted by molar-refractivity contribution is -0.137. The Morgan fingerprint density at radius 1 is 1.36 bits per heavy atom. The van der Waals surface area contributed by atoms with Crippen LogP contribution in [0.1, 0.15) is 30.1 Å². The second kappa shape index (κ2) is 9.17. The van der Waals surface area contributed by atoms with Crippen LogP contribution in [0, 0.1) is 5.92 Å². The van der Waals surface area contributed by atoms with Gasteiger partial charge in [-0.15, -0.1) is 0 Å². The second-order valence-electron chi connectivity index (χ2n) is 6.13. The van der Waals surface area contributed by atoms with Gasteiger partial charge in [-0.05, 0) is 31.9 Å². The van der Waals surface area contributed by atoms with Crippen LogP contribution in [-0.4, -0.2) is 55.3 Å². The molecule has 136 valence electrons. The summed E-state index contributed by atoms with van der Waals surface area (Å²) in [4.78, 5) is 37.4. The number of amides is 2. The minimum absolute atomic E-state index is 0.0564. The van der Waals surface area contributed by atoms with E-state index in [1.807, 2.05) is 0 Å². The third-order valence-electron chi connectivity index (χ3n) is 4.19. The molecule has 1 fully saturated rings. The van der Waals surface area contributed by atoms with Gasteiger partial charge in [0.2, 0.25) is 5.91 Å². The number of nitrogens with zero attached hydrogens (tertiary/aromatic N) is 1. The summed E-state index contributed by atoms with van der Waals surface area (Å²) in [5.74, 6) is 0.00214. The maximum absolute atomic E-state index is 12.4. The molecule has 0 bridgehead atoms. The van der Waals surface area contributed by atoms with Crippen LogP contribution in [0.2, 0.25) is 0 Å². The fourth-order valence-electron chi connectivity index (χ4n) is 2.80. The molecule has 0 spiro atoms. The first-order valence-electron chi connectivity index (χ1n) is 8.50. The first kappa shape index (κ1) is 18.9. The highest BCUT2D eigenvalue weighted by Crippen LogP contribution is 2.18. The molecule has 0 radical (unpaired) electrons. The Morgan fingerprint density at radius 2 is 2.16 bits per heavy atom. The number of Topliss-reactive ketones (excluding diaryl/α,β-unsaturated/α-hetero) is 1. The quantitative estimate of drug-likeness (QED) is 0.703. The van der Waals surface area contributed by atoms with Gasteiger partial charge in [0.25, 0.3) is 5.91 Å². The van der Waals surface area contributed by atoms with E-state index >= 15 is 0 Å². The Balaban J connectivity index is 1.86. The molecule has 0 aliphatic carbocycles. The van der Waals surface area contributed by atoms with Crippen molar-refractivity contribution in [2.75, 3.05) is 32.8 Å². The highest BCUT2D eigenvalue weighted by Gasteiger charge is 2.28. The standard InChI is InChI=1S/C18H25N3O4/c1-13(22)14-4-2-6-16(10-14)25-12-17(23)21-9-3-5-15(11-21)18(24)20-8-7-19/h2,4,6,10,15H,3,5,7-9,11-12,19H2,1H3,(H,20,24). The number of nitrogens with two attached hydrogens (primary N) is 1. The minimum Gasteiger partial charge on any atom is -0.484 e. The summed E-state index contributed by atoms with van der Waals surface area (Å²) in [6.07, 6.45) is 1.55. The first-order chi connectivity index (χ1) is 12.0. The molecule has 1 saturated heterocycles. The van der Waals surface area contributed by atoms with Crippen LogP contribution >= 0.6 is 0 Å². The van der Waals surface area contributed by atoms with E-state index in [4.69, 9.17) is 10.5 Å². The third kappa shape index (κ3) is 5.56. The summed E-state index contributed by atoms with van der Waals surface area (Å²) < 4.78 is 5.51. The molecule has 1 aliphatic rings. The van der Waals surface area contributed by atoms with Crippen molar-refractivity contribution in [1.29, 1.82) is 0 Å². The lowest BCUT2D eigenvalue weighted by Gasteiger charge is -2.32. The second-order valence-corrected chi connectivity index (χ2v) is 6.13.